The van der Waals surface area contributed by atoms with Crippen LogP contribution in [0.15, 0.2) is 34.9 Å². The Bertz CT molecular complexity index is 585. The van der Waals surface area contributed by atoms with E-state index in [4.69, 9.17) is 5.73 Å². The van der Waals surface area contributed by atoms with Crippen molar-refractivity contribution in [3.8, 4) is 0 Å². The minimum absolute atomic E-state index is 0.118. The van der Waals surface area contributed by atoms with Crippen molar-refractivity contribution in [3.63, 3.8) is 0 Å². The first-order valence-corrected chi connectivity index (χ1v) is 6.41. The lowest BCUT2D eigenvalue weighted by molar-refractivity contribution is -0.118. The molecule has 2 aromatic rings. The molecule has 0 bridgehead atoms. The van der Waals surface area contributed by atoms with Crippen molar-refractivity contribution >= 4 is 32.7 Å². The topological polar surface area (TPSA) is 68.0 Å². The minimum Gasteiger partial charge on any atom is -0.370 e. The minimum atomic E-state index is -0.332. The van der Waals surface area contributed by atoms with Gasteiger partial charge in [0.1, 0.15) is 0 Å². The second-order valence-electron chi connectivity index (χ2n) is 4.05. The first-order chi connectivity index (χ1) is 8.63. The van der Waals surface area contributed by atoms with Gasteiger partial charge in [0, 0.05) is 28.5 Å². The van der Waals surface area contributed by atoms with E-state index in [0.29, 0.717) is 0 Å². The van der Waals surface area contributed by atoms with E-state index < -0.39 is 0 Å². The summed E-state index contributed by atoms with van der Waals surface area (Å²) in [5.41, 5.74) is 7.14. The summed E-state index contributed by atoms with van der Waals surface area (Å²) in [5.74, 6) is -0.332. The van der Waals surface area contributed by atoms with Crippen molar-refractivity contribution in [2.24, 2.45) is 5.73 Å². The summed E-state index contributed by atoms with van der Waals surface area (Å²) >= 11 is 3.50. The average molecular weight is 308 g/mol. The van der Waals surface area contributed by atoms with Crippen LogP contribution in [0.25, 0.3) is 10.9 Å². The Kier molecular flexibility index (Phi) is 3.93. The normalized spacial score (nSPS) is 12.6. The molecule has 1 unspecified atom stereocenters. The molecule has 5 heteroatoms. The molecule has 3 N–H and O–H groups in total. The zero-order valence-corrected chi connectivity index (χ0v) is 11.6. The molecule has 0 saturated carbocycles. The van der Waals surface area contributed by atoms with Crippen molar-refractivity contribution in [2.75, 3.05) is 7.05 Å². The molecule has 94 valence electrons. The number of rotatable bonds is 4. The lowest BCUT2D eigenvalue weighted by Crippen LogP contribution is -2.24. The number of primary amides is 1. The molecule has 0 aliphatic rings. The predicted octanol–water partition coefficient (Wildman–Crippen LogP) is 2.13. The summed E-state index contributed by atoms with van der Waals surface area (Å²) < 4.78 is 0.989. The van der Waals surface area contributed by atoms with Crippen molar-refractivity contribution in [1.29, 1.82) is 0 Å². The summed E-state index contributed by atoms with van der Waals surface area (Å²) in [7, 11) is 1.81. The molecule has 0 aliphatic carbocycles. The maximum Gasteiger partial charge on any atom is 0.219 e. The predicted molar refractivity (Wildman–Crippen MR) is 75.1 cm³/mol. The number of pyridine rings is 1. The number of benzene rings is 1. The molecule has 1 atom stereocenters. The quantitative estimate of drug-likeness (QED) is 0.909. The number of hydrogen-bond donors (Lipinski definition) is 2. The molecular formula is C13H14BrN3O. The van der Waals surface area contributed by atoms with E-state index in [0.717, 1.165) is 20.9 Å². The lowest BCUT2D eigenvalue weighted by atomic mass is 10.00. The number of hydrogen-bond acceptors (Lipinski definition) is 3. The monoisotopic (exact) mass is 307 g/mol. The summed E-state index contributed by atoms with van der Waals surface area (Å²) in [6.45, 7) is 0. The van der Waals surface area contributed by atoms with Gasteiger partial charge in [-0.2, -0.15) is 0 Å². The second-order valence-corrected chi connectivity index (χ2v) is 4.90. The van der Waals surface area contributed by atoms with Gasteiger partial charge < -0.3 is 11.1 Å². The van der Waals surface area contributed by atoms with Gasteiger partial charge in [0.05, 0.1) is 5.52 Å². The number of nitrogens with one attached hydrogen (secondary N) is 1. The molecule has 1 heterocycles. The molecule has 2 rings (SSSR count). The van der Waals surface area contributed by atoms with Crippen molar-refractivity contribution < 1.29 is 4.79 Å². The molecule has 0 saturated heterocycles. The summed E-state index contributed by atoms with van der Waals surface area (Å²) in [6, 6.07) is 7.69. The highest BCUT2D eigenvalue weighted by Crippen LogP contribution is 2.29. The van der Waals surface area contributed by atoms with E-state index in [1.54, 1.807) is 6.20 Å². The Balaban J connectivity index is 2.56. The zero-order chi connectivity index (χ0) is 13.1. The van der Waals surface area contributed by atoms with E-state index in [1.807, 2.05) is 31.3 Å². The maximum atomic E-state index is 11.1. The molecule has 0 fully saturated rings. The number of nitrogens with zero attached hydrogens (tertiary/aromatic N) is 1. The van der Waals surface area contributed by atoms with Crippen LogP contribution in [0.2, 0.25) is 0 Å². The highest BCUT2D eigenvalue weighted by Gasteiger charge is 2.16. The van der Waals surface area contributed by atoms with Gasteiger partial charge in [-0.3, -0.25) is 9.78 Å². The van der Waals surface area contributed by atoms with Crippen LogP contribution in [0.5, 0.6) is 0 Å². The number of carbonyl (C=O) groups excluding carboxylic acids is 1. The number of fused-ring (bicyclic) bond motifs is 1. The highest BCUT2D eigenvalue weighted by molar-refractivity contribution is 9.10. The summed E-state index contributed by atoms with van der Waals surface area (Å²) in [5, 5.41) is 4.13. The third-order valence-electron chi connectivity index (χ3n) is 2.88. The van der Waals surface area contributed by atoms with E-state index in [1.165, 1.54) is 0 Å². The van der Waals surface area contributed by atoms with Gasteiger partial charge in [0.15, 0.2) is 0 Å². The number of nitrogens with two attached hydrogens (primary N) is 1. The number of carbonyl (C=O) groups is 1. The van der Waals surface area contributed by atoms with Gasteiger partial charge in [0.2, 0.25) is 5.91 Å². The molecule has 0 spiro atoms. The molecule has 18 heavy (non-hydrogen) atoms. The summed E-state index contributed by atoms with van der Waals surface area (Å²) in [4.78, 5) is 15.5. The van der Waals surface area contributed by atoms with Gasteiger partial charge in [-0.05, 0) is 24.7 Å². The molecule has 0 aliphatic heterocycles. The van der Waals surface area contributed by atoms with E-state index in [9.17, 15) is 4.79 Å². The van der Waals surface area contributed by atoms with Gasteiger partial charge in [0.25, 0.3) is 0 Å². The molecular weight excluding hydrogens is 294 g/mol. The largest absolute Gasteiger partial charge is 0.370 e. The Morgan fingerprint density at radius 2 is 2.28 bits per heavy atom. The van der Waals surface area contributed by atoms with Crippen LogP contribution in [0.4, 0.5) is 0 Å². The molecule has 1 aromatic carbocycles. The van der Waals surface area contributed by atoms with Crippen LogP contribution in [0.1, 0.15) is 18.0 Å². The standard InChI is InChI=1S/C13H14BrN3O/c1-16-11(7-12(15)18)9-4-5-10(14)8-3-2-6-17-13(8)9/h2-6,11,16H,7H2,1H3,(H2,15,18). The fourth-order valence-corrected chi connectivity index (χ4v) is 2.46. The van der Waals surface area contributed by atoms with Crippen LogP contribution in [0.3, 0.4) is 0 Å². The molecule has 1 amide bonds. The Morgan fingerprint density at radius 1 is 1.50 bits per heavy atom. The average Bonchev–Trinajstić information content (AvgIpc) is 2.37. The fourth-order valence-electron chi connectivity index (χ4n) is 2.01. The van der Waals surface area contributed by atoms with Crippen LogP contribution in [-0.4, -0.2) is 17.9 Å². The molecule has 0 radical (unpaired) electrons. The fraction of sp³-hybridized carbons (Fsp3) is 0.231. The van der Waals surface area contributed by atoms with Gasteiger partial charge in [-0.15, -0.1) is 0 Å². The lowest BCUT2D eigenvalue weighted by Gasteiger charge is -2.17. The highest BCUT2D eigenvalue weighted by atomic mass is 79.9. The molecule has 1 aromatic heterocycles. The number of aromatic nitrogens is 1. The number of amides is 1. The van der Waals surface area contributed by atoms with E-state index in [2.05, 4.69) is 26.2 Å². The van der Waals surface area contributed by atoms with Gasteiger partial charge in [-0.25, -0.2) is 0 Å². The van der Waals surface area contributed by atoms with Crippen molar-refractivity contribution in [1.82, 2.24) is 10.3 Å². The van der Waals surface area contributed by atoms with Gasteiger partial charge in [-0.1, -0.05) is 28.1 Å². The second kappa shape index (κ2) is 5.46. The van der Waals surface area contributed by atoms with E-state index in [-0.39, 0.29) is 18.4 Å². The smallest absolute Gasteiger partial charge is 0.219 e. The third kappa shape index (κ3) is 2.52. The Labute approximate surface area is 114 Å². The number of halogens is 1. The third-order valence-corrected chi connectivity index (χ3v) is 3.57. The zero-order valence-electron chi connectivity index (χ0n) is 9.98. The Morgan fingerprint density at radius 3 is 2.94 bits per heavy atom. The van der Waals surface area contributed by atoms with Crippen molar-refractivity contribution in [3.05, 3.63) is 40.5 Å². The SMILES string of the molecule is CNC(CC(N)=O)c1ccc(Br)c2cccnc12. The van der Waals surface area contributed by atoms with Crippen LogP contribution < -0.4 is 11.1 Å². The van der Waals surface area contributed by atoms with Gasteiger partial charge >= 0.3 is 0 Å². The van der Waals surface area contributed by atoms with E-state index >= 15 is 0 Å². The van der Waals surface area contributed by atoms with Crippen LogP contribution in [-0.2, 0) is 4.79 Å². The first kappa shape index (κ1) is 13.0. The van der Waals surface area contributed by atoms with Crippen LogP contribution >= 0.6 is 15.9 Å². The van der Waals surface area contributed by atoms with Crippen LogP contribution in [0, 0.1) is 0 Å². The first-order valence-electron chi connectivity index (χ1n) is 5.62. The molecule has 4 nitrogen and oxygen atoms in total. The Hall–Kier alpha value is -1.46. The van der Waals surface area contributed by atoms with Crippen molar-refractivity contribution in [2.45, 2.75) is 12.5 Å². The summed E-state index contributed by atoms with van der Waals surface area (Å²) in [6.07, 6.45) is 2.00. The maximum absolute atomic E-state index is 11.1.